The van der Waals surface area contributed by atoms with E-state index in [-0.39, 0.29) is 51.3 Å². The van der Waals surface area contributed by atoms with Crippen LogP contribution in [0.5, 0.6) is 17.2 Å². The predicted molar refractivity (Wildman–Crippen MR) is 161 cm³/mol. The molecular weight excluding hydrogens is 574 g/mol. The molecule has 1 N–H and O–H groups in total. The number of ether oxygens (including phenoxy) is 3. The van der Waals surface area contributed by atoms with Gasteiger partial charge in [-0.25, -0.2) is 4.79 Å². The van der Waals surface area contributed by atoms with Gasteiger partial charge in [0.1, 0.15) is 27.9 Å². The van der Waals surface area contributed by atoms with Gasteiger partial charge in [0.05, 0.1) is 19.8 Å². The number of nitrogens with one attached hydrogen (secondary N) is 1. The molecule has 6 rings (SSSR count). The van der Waals surface area contributed by atoms with E-state index in [9.17, 15) is 19.2 Å². The van der Waals surface area contributed by atoms with Gasteiger partial charge >= 0.3 is 5.69 Å². The van der Waals surface area contributed by atoms with Gasteiger partial charge in [0.15, 0.2) is 5.75 Å². The van der Waals surface area contributed by atoms with Crippen LogP contribution in [0.15, 0.2) is 51.2 Å². The number of aromatic nitrogens is 2. The van der Waals surface area contributed by atoms with E-state index in [0.717, 1.165) is 10.1 Å². The Balaban J connectivity index is 1.60. The first kappa shape index (κ1) is 28.8. The van der Waals surface area contributed by atoms with Gasteiger partial charge in [0, 0.05) is 43.3 Å². The maximum Gasteiger partial charge on any atom is 0.332 e. The van der Waals surface area contributed by atoms with E-state index in [4.69, 9.17) is 25.8 Å². The van der Waals surface area contributed by atoms with Gasteiger partial charge in [-0.05, 0) is 23.5 Å². The zero-order valence-electron chi connectivity index (χ0n) is 25.0. The molecule has 1 aliphatic carbocycles. The fraction of sp³-hybridized carbons (Fsp3) is 0.375. The number of carbonyl (C=O) groups is 2. The maximum atomic E-state index is 14.9. The Kier molecular flexibility index (Phi) is 6.61. The van der Waals surface area contributed by atoms with E-state index in [1.807, 2.05) is 24.3 Å². The molecule has 0 fully saturated rings. The number of halogens is 1. The third-order valence-electron chi connectivity index (χ3n) is 9.01. The minimum atomic E-state index is -1.95. The number of hydrogen-bond donors (Lipinski definition) is 1. The van der Waals surface area contributed by atoms with Crippen LogP contribution in [0.2, 0.25) is 5.02 Å². The number of benzene rings is 2. The number of allylic oxidation sites excluding steroid dienone is 1. The molecule has 3 aromatic rings. The molecule has 3 atom stereocenters. The van der Waals surface area contributed by atoms with Crippen LogP contribution in [0.3, 0.4) is 0 Å². The summed E-state index contributed by atoms with van der Waals surface area (Å²) in [5.41, 5.74) is -0.160. The van der Waals surface area contributed by atoms with Crippen molar-refractivity contribution in [3.8, 4) is 17.2 Å². The number of Topliss-reactive ketones (excluding diaryl/α,β-unsaturated/α-hetero) is 2. The SMILES string of the molecule is COc1cc(OC)c2c(c1Cl)O[C@@]1(C(=O)C3=C(C[C@H]1C)Nc1c(c(=O)n(C)c(=O)n1C)[C@H]3c1ccc(C(C)C)cc1)C2=O. The molecule has 0 bridgehead atoms. The summed E-state index contributed by atoms with van der Waals surface area (Å²) in [5, 5.41) is 3.29. The number of methoxy groups -OCH3 is 2. The number of rotatable bonds is 4. The van der Waals surface area contributed by atoms with Crippen LogP contribution in [0.25, 0.3) is 0 Å². The monoisotopic (exact) mass is 605 g/mol. The summed E-state index contributed by atoms with van der Waals surface area (Å²) >= 11 is 6.62. The lowest BCUT2D eigenvalue weighted by Gasteiger charge is -2.42. The van der Waals surface area contributed by atoms with Gasteiger partial charge in [-0.1, -0.05) is 56.6 Å². The number of carbonyl (C=O) groups excluding carboxylic acids is 2. The summed E-state index contributed by atoms with van der Waals surface area (Å²) in [6, 6.07) is 9.19. The second-order valence-electron chi connectivity index (χ2n) is 11.6. The fourth-order valence-corrected chi connectivity index (χ4v) is 6.86. The van der Waals surface area contributed by atoms with Gasteiger partial charge in [0.2, 0.25) is 17.2 Å². The van der Waals surface area contributed by atoms with Crippen LogP contribution in [0.1, 0.15) is 66.1 Å². The molecule has 3 aliphatic rings. The van der Waals surface area contributed by atoms with E-state index in [1.165, 1.54) is 31.9 Å². The lowest BCUT2D eigenvalue weighted by molar-refractivity contribution is -0.130. The lowest BCUT2D eigenvalue weighted by Crippen LogP contribution is -2.58. The molecule has 0 radical (unpaired) electrons. The van der Waals surface area contributed by atoms with E-state index < -0.39 is 40.3 Å². The standard InChI is InChI=1S/C32H32ClN3O7/c1-14(2)16-8-10-17(11-9-16)21-22-18(34-29-24(21)30(39)36(5)31(40)35(29)4)12-15(3)32(27(22)37)28(38)23-19(41-6)13-20(42-7)25(33)26(23)43-32/h8-11,13-15,21,34H,12H2,1-7H3/t15-,21+,32+/m1/s1. The maximum absolute atomic E-state index is 14.9. The minimum Gasteiger partial charge on any atom is -0.496 e. The first-order valence-corrected chi connectivity index (χ1v) is 14.4. The smallest absolute Gasteiger partial charge is 0.332 e. The van der Waals surface area contributed by atoms with Gasteiger partial charge < -0.3 is 19.5 Å². The zero-order chi connectivity index (χ0) is 31.1. The Bertz CT molecular complexity index is 1890. The average molecular weight is 606 g/mol. The van der Waals surface area contributed by atoms with Crippen molar-refractivity contribution in [3.63, 3.8) is 0 Å². The molecule has 43 heavy (non-hydrogen) atoms. The highest BCUT2D eigenvalue weighted by Gasteiger charge is 2.63. The summed E-state index contributed by atoms with van der Waals surface area (Å²) in [6.45, 7) is 5.91. The number of anilines is 1. The molecular formula is C32H32ClN3O7. The lowest BCUT2D eigenvalue weighted by atomic mass is 9.66. The molecule has 0 unspecified atom stereocenters. The Hall–Kier alpha value is -4.31. The molecule has 224 valence electrons. The molecule has 1 aromatic heterocycles. The quantitative estimate of drug-likeness (QED) is 0.437. The van der Waals surface area contributed by atoms with Gasteiger partial charge in [-0.3, -0.25) is 23.5 Å². The Morgan fingerprint density at radius 1 is 1.00 bits per heavy atom. The highest BCUT2D eigenvalue weighted by atomic mass is 35.5. The van der Waals surface area contributed by atoms with E-state index in [0.29, 0.717) is 17.1 Å². The van der Waals surface area contributed by atoms with Gasteiger partial charge in [-0.2, -0.15) is 0 Å². The van der Waals surface area contributed by atoms with Crippen molar-refractivity contribution in [2.24, 2.45) is 20.0 Å². The Morgan fingerprint density at radius 2 is 1.65 bits per heavy atom. The normalized spacial score (nSPS) is 22.3. The van der Waals surface area contributed by atoms with Crippen molar-refractivity contribution in [1.29, 1.82) is 0 Å². The second-order valence-corrected chi connectivity index (χ2v) is 12.0. The first-order chi connectivity index (χ1) is 20.4. The highest BCUT2D eigenvalue weighted by molar-refractivity contribution is 6.36. The summed E-state index contributed by atoms with van der Waals surface area (Å²) in [4.78, 5) is 56.0. The van der Waals surface area contributed by atoms with Crippen molar-refractivity contribution in [2.75, 3.05) is 19.5 Å². The molecule has 0 amide bonds. The number of hydrogen-bond acceptors (Lipinski definition) is 8. The molecule has 0 saturated carbocycles. The minimum absolute atomic E-state index is 0.0208. The highest BCUT2D eigenvalue weighted by Crippen LogP contribution is 2.56. The van der Waals surface area contributed by atoms with Gasteiger partial charge in [0.25, 0.3) is 5.56 Å². The van der Waals surface area contributed by atoms with E-state index in [1.54, 1.807) is 14.0 Å². The molecule has 11 heteroatoms. The number of fused-ring (bicyclic) bond motifs is 2. The molecule has 2 aliphatic heterocycles. The number of ketones is 2. The first-order valence-electron chi connectivity index (χ1n) is 14.0. The molecule has 2 aromatic carbocycles. The third-order valence-corrected chi connectivity index (χ3v) is 9.37. The van der Waals surface area contributed by atoms with Crippen LogP contribution in [-0.2, 0) is 18.9 Å². The van der Waals surface area contributed by atoms with Crippen LogP contribution < -0.4 is 30.8 Å². The van der Waals surface area contributed by atoms with Crippen molar-refractivity contribution in [3.05, 3.63) is 89.7 Å². The largest absolute Gasteiger partial charge is 0.496 e. The van der Waals surface area contributed by atoms with Crippen LogP contribution in [0, 0.1) is 5.92 Å². The van der Waals surface area contributed by atoms with E-state index >= 15 is 0 Å². The molecule has 3 heterocycles. The van der Waals surface area contributed by atoms with Crippen LogP contribution in [-0.4, -0.2) is 40.5 Å². The summed E-state index contributed by atoms with van der Waals surface area (Å²) in [5.74, 6) is -1.66. The Morgan fingerprint density at radius 3 is 2.26 bits per heavy atom. The molecule has 1 spiro atoms. The van der Waals surface area contributed by atoms with Gasteiger partial charge in [-0.15, -0.1) is 0 Å². The fourth-order valence-electron chi connectivity index (χ4n) is 6.60. The summed E-state index contributed by atoms with van der Waals surface area (Å²) < 4.78 is 19.6. The Labute approximate surface area is 252 Å². The topological polar surface area (TPSA) is 118 Å². The summed E-state index contributed by atoms with van der Waals surface area (Å²) in [6.07, 6.45) is 0.224. The van der Waals surface area contributed by atoms with Crippen molar-refractivity contribution in [1.82, 2.24) is 9.13 Å². The van der Waals surface area contributed by atoms with Crippen molar-refractivity contribution < 1.29 is 23.8 Å². The predicted octanol–water partition coefficient (Wildman–Crippen LogP) is 4.31. The number of nitrogens with zero attached hydrogens (tertiary/aromatic N) is 2. The zero-order valence-corrected chi connectivity index (χ0v) is 25.7. The third kappa shape index (κ3) is 3.78. The van der Waals surface area contributed by atoms with E-state index in [2.05, 4.69) is 19.2 Å². The molecule has 10 nitrogen and oxygen atoms in total. The molecule has 0 saturated heterocycles. The van der Waals surface area contributed by atoms with Crippen LogP contribution in [0.4, 0.5) is 5.82 Å². The average Bonchev–Trinajstić information content (AvgIpc) is 3.31. The second kappa shape index (κ2) is 9.87. The van der Waals surface area contributed by atoms with Crippen molar-refractivity contribution >= 4 is 29.0 Å². The summed E-state index contributed by atoms with van der Waals surface area (Å²) in [7, 11) is 5.82. The van der Waals surface area contributed by atoms with Crippen LogP contribution >= 0.6 is 11.6 Å². The van der Waals surface area contributed by atoms with Crippen molar-refractivity contribution in [2.45, 2.75) is 44.6 Å².